The zero-order chi connectivity index (χ0) is 11.7. The molecular formula is C7H15NO6S. The highest BCUT2D eigenvalue weighted by atomic mass is 32.3. The van der Waals surface area contributed by atoms with Crippen molar-refractivity contribution in [3.63, 3.8) is 0 Å². The molecule has 0 aliphatic carbocycles. The minimum atomic E-state index is -3.66. The number of ether oxygens (including phenoxy) is 1. The van der Waals surface area contributed by atoms with Crippen molar-refractivity contribution < 1.29 is 26.3 Å². The van der Waals surface area contributed by atoms with E-state index in [-0.39, 0.29) is 0 Å². The number of carbonyl (C=O) groups is 1. The molecule has 1 aliphatic heterocycles. The smallest absolute Gasteiger partial charge is 0.378 e. The van der Waals surface area contributed by atoms with Gasteiger partial charge in [0.15, 0.2) is 0 Å². The van der Waals surface area contributed by atoms with Crippen molar-refractivity contribution in [2.75, 3.05) is 40.5 Å². The molecule has 90 valence electrons. The van der Waals surface area contributed by atoms with E-state index in [0.29, 0.717) is 13.2 Å². The van der Waals surface area contributed by atoms with Gasteiger partial charge in [0.2, 0.25) is 6.41 Å². The van der Waals surface area contributed by atoms with Gasteiger partial charge in [0.05, 0.1) is 27.4 Å². The van der Waals surface area contributed by atoms with Crippen LogP contribution in [0.5, 0.6) is 0 Å². The highest BCUT2D eigenvalue weighted by Gasteiger charge is 2.05. The Hall–Kier alpha value is -0.700. The number of hydrogen-bond acceptors (Lipinski definition) is 6. The molecule has 8 heteroatoms. The first-order chi connectivity index (χ1) is 7.05. The van der Waals surface area contributed by atoms with Crippen LogP contribution in [0.1, 0.15) is 0 Å². The summed E-state index contributed by atoms with van der Waals surface area (Å²) < 4.78 is 32.5. The summed E-state index contributed by atoms with van der Waals surface area (Å²) in [5.41, 5.74) is 0. The van der Waals surface area contributed by atoms with E-state index in [4.69, 9.17) is 4.74 Å². The largest absolute Gasteiger partial charge is 0.399 e. The Morgan fingerprint density at radius 3 is 1.87 bits per heavy atom. The molecule has 0 N–H and O–H groups in total. The minimum absolute atomic E-state index is 0.693. The van der Waals surface area contributed by atoms with Gasteiger partial charge in [-0.15, -0.1) is 0 Å². The first-order valence-corrected chi connectivity index (χ1v) is 5.52. The topological polar surface area (TPSA) is 82.1 Å². The van der Waals surface area contributed by atoms with Crippen LogP contribution in [0, 0.1) is 0 Å². The summed E-state index contributed by atoms with van der Waals surface area (Å²) in [6.45, 7) is 2.89. The van der Waals surface area contributed by atoms with Crippen LogP contribution in [-0.4, -0.2) is 60.3 Å². The standard InChI is InChI=1S/C5H9NO2.C2H6O4S/c7-5-6-1-3-8-4-2-6;1-5-7(3,4)6-2/h5H,1-4H2;1-2H3. The molecule has 0 aromatic heterocycles. The molecule has 0 unspecified atom stereocenters. The number of amides is 1. The molecule has 1 amide bonds. The number of nitrogens with zero attached hydrogens (tertiary/aromatic N) is 1. The molecule has 0 aromatic carbocycles. The molecule has 1 aliphatic rings. The summed E-state index contributed by atoms with van der Waals surface area (Å²) in [6, 6.07) is 0. The van der Waals surface area contributed by atoms with Crippen molar-refractivity contribution in [2.24, 2.45) is 0 Å². The van der Waals surface area contributed by atoms with Crippen molar-refractivity contribution in [3.8, 4) is 0 Å². The van der Waals surface area contributed by atoms with Crippen molar-refractivity contribution >= 4 is 16.8 Å². The third-order valence-electron chi connectivity index (χ3n) is 1.60. The summed E-state index contributed by atoms with van der Waals surface area (Å²) in [7, 11) is -1.60. The summed E-state index contributed by atoms with van der Waals surface area (Å²) in [5.74, 6) is 0. The maximum atomic E-state index is 10.0. The highest BCUT2D eigenvalue weighted by Crippen LogP contribution is 1.90. The van der Waals surface area contributed by atoms with Gasteiger partial charge in [0.25, 0.3) is 0 Å². The van der Waals surface area contributed by atoms with Crippen LogP contribution in [-0.2, 0) is 28.3 Å². The van der Waals surface area contributed by atoms with E-state index in [2.05, 4.69) is 8.37 Å². The Labute approximate surface area is 89.2 Å². The van der Waals surface area contributed by atoms with E-state index in [0.717, 1.165) is 33.7 Å². The second kappa shape index (κ2) is 7.57. The van der Waals surface area contributed by atoms with Gasteiger partial charge in [0, 0.05) is 13.1 Å². The van der Waals surface area contributed by atoms with Gasteiger partial charge in [-0.1, -0.05) is 0 Å². The zero-order valence-electron chi connectivity index (χ0n) is 8.71. The fraction of sp³-hybridized carbons (Fsp3) is 0.857. The molecule has 1 saturated heterocycles. The molecule has 15 heavy (non-hydrogen) atoms. The van der Waals surface area contributed by atoms with Crippen molar-refractivity contribution in [1.82, 2.24) is 4.90 Å². The van der Waals surface area contributed by atoms with E-state index < -0.39 is 10.4 Å². The molecule has 1 heterocycles. The van der Waals surface area contributed by atoms with Crippen LogP contribution >= 0.6 is 0 Å². The number of hydrogen-bond donors (Lipinski definition) is 0. The van der Waals surface area contributed by atoms with Gasteiger partial charge in [-0.25, -0.2) is 0 Å². The van der Waals surface area contributed by atoms with Gasteiger partial charge in [-0.3, -0.25) is 13.2 Å². The molecular weight excluding hydrogens is 226 g/mol. The van der Waals surface area contributed by atoms with Gasteiger partial charge in [-0.05, 0) is 0 Å². The van der Waals surface area contributed by atoms with Crippen LogP contribution < -0.4 is 0 Å². The summed E-state index contributed by atoms with van der Waals surface area (Å²) >= 11 is 0. The summed E-state index contributed by atoms with van der Waals surface area (Å²) in [5, 5.41) is 0. The second-order valence-electron chi connectivity index (χ2n) is 2.50. The average molecular weight is 241 g/mol. The normalized spacial score (nSPS) is 16.5. The lowest BCUT2D eigenvalue weighted by Gasteiger charge is -2.21. The second-order valence-corrected chi connectivity index (χ2v) is 3.98. The number of rotatable bonds is 3. The van der Waals surface area contributed by atoms with Crippen molar-refractivity contribution in [2.45, 2.75) is 0 Å². The lowest BCUT2D eigenvalue weighted by atomic mass is 10.5. The summed E-state index contributed by atoms with van der Waals surface area (Å²) in [6.07, 6.45) is 0.864. The lowest BCUT2D eigenvalue weighted by molar-refractivity contribution is -0.121. The minimum Gasteiger partial charge on any atom is -0.378 e. The Bertz CT molecular complexity index is 249. The predicted molar refractivity (Wildman–Crippen MR) is 51.4 cm³/mol. The predicted octanol–water partition coefficient (Wildman–Crippen LogP) is -1.00. The zero-order valence-corrected chi connectivity index (χ0v) is 9.53. The quantitative estimate of drug-likeness (QED) is 0.589. The van der Waals surface area contributed by atoms with Crippen LogP contribution in [0.3, 0.4) is 0 Å². The third kappa shape index (κ3) is 7.25. The molecule has 1 fully saturated rings. The Kier molecular flexibility index (Phi) is 7.22. The van der Waals surface area contributed by atoms with E-state index in [1.54, 1.807) is 4.90 Å². The molecule has 1 rings (SSSR count). The molecule has 0 aromatic rings. The average Bonchev–Trinajstić information content (AvgIpc) is 2.31. The fourth-order valence-electron chi connectivity index (χ4n) is 0.751. The van der Waals surface area contributed by atoms with Crippen molar-refractivity contribution in [3.05, 3.63) is 0 Å². The molecule has 0 atom stereocenters. The van der Waals surface area contributed by atoms with Gasteiger partial charge >= 0.3 is 10.4 Å². The van der Waals surface area contributed by atoms with E-state index in [9.17, 15) is 13.2 Å². The third-order valence-corrected chi connectivity index (χ3v) is 2.42. The van der Waals surface area contributed by atoms with Crippen LogP contribution in [0.4, 0.5) is 0 Å². The van der Waals surface area contributed by atoms with Gasteiger partial charge in [0.1, 0.15) is 0 Å². The van der Waals surface area contributed by atoms with Gasteiger partial charge < -0.3 is 9.64 Å². The van der Waals surface area contributed by atoms with Crippen LogP contribution in [0.25, 0.3) is 0 Å². The Morgan fingerprint density at radius 1 is 1.20 bits per heavy atom. The van der Waals surface area contributed by atoms with Crippen LogP contribution in [0.15, 0.2) is 0 Å². The number of carbonyl (C=O) groups excluding carboxylic acids is 1. The van der Waals surface area contributed by atoms with E-state index in [1.165, 1.54) is 0 Å². The van der Waals surface area contributed by atoms with Gasteiger partial charge in [-0.2, -0.15) is 8.42 Å². The molecule has 0 saturated carbocycles. The first kappa shape index (κ1) is 14.3. The van der Waals surface area contributed by atoms with E-state index in [1.807, 2.05) is 0 Å². The highest BCUT2D eigenvalue weighted by molar-refractivity contribution is 7.81. The monoisotopic (exact) mass is 241 g/mol. The molecule has 0 radical (unpaired) electrons. The van der Waals surface area contributed by atoms with Crippen molar-refractivity contribution in [1.29, 1.82) is 0 Å². The first-order valence-electron chi connectivity index (χ1n) is 4.19. The molecule has 0 spiro atoms. The molecule has 7 nitrogen and oxygen atoms in total. The van der Waals surface area contributed by atoms with E-state index >= 15 is 0 Å². The maximum Gasteiger partial charge on any atom is 0.399 e. The lowest BCUT2D eigenvalue weighted by Crippen LogP contribution is -2.34. The summed E-state index contributed by atoms with van der Waals surface area (Å²) in [4.78, 5) is 11.7. The van der Waals surface area contributed by atoms with Crippen LogP contribution in [0.2, 0.25) is 0 Å². The Morgan fingerprint density at radius 2 is 1.67 bits per heavy atom. The maximum absolute atomic E-state index is 10.0. The molecule has 0 bridgehead atoms. The SMILES string of the molecule is COS(=O)(=O)OC.O=CN1CCOCC1. The number of morpholine rings is 1. The fourth-order valence-corrected chi connectivity index (χ4v) is 0.887. The Balaban J connectivity index is 0.000000265.